The molecule has 0 bridgehead atoms. The van der Waals surface area contributed by atoms with Crippen LogP contribution in [0.2, 0.25) is 0 Å². The van der Waals surface area contributed by atoms with Crippen molar-refractivity contribution in [3.8, 4) is 11.1 Å². The van der Waals surface area contributed by atoms with Gasteiger partial charge in [-0.05, 0) is 105 Å². The minimum Gasteiger partial charge on any atom is -0.371 e. The Balaban J connectivity index is 0.597. The van der Waals surface area contributed by atoms with Gasteiger partial charge >= 0.3 is 0 Å². The Labute approximate surface area is 342 Å². The third-order valence-electron chi connectivity index (χ3n) is 14.1. The van der Waals surface area contributed by atoms with Gasteiger partial charge < -0.3 is 24.0 Å². The van der Waals surface area contributed by atoms with Crippen molar-refractivity contribution in [3.63, 3.8) is 0 Å². The molecule has 1 spiro atoms. The topological polar surface area (TPSA) is 133 Å². The first kappa shape index (κ1) is 36.4. The molecule has 11 rings (SSSR count). The predicted octanol–water partition coefficient (Wildman–Crippen LogP) is 5.17. The van der Waals surface area contributed by atoms with E-state index < -0.39 is 23.8 Å². The molecule has 4 amide bonds. The number of hydrogen-bond acceptors (Lipinski definition) is 10. The van der Waals surface area contributed by atoms with E-state index in [2.05, 4.69) is 73.0 Å². The van der Waals surface area contributed by atoms with E-state index in [-0.39, 0.29) is 24.9 Å². The smallest absolute Gasteiger partial charge is 0.262 e. The van der Waals surface area contributed by atoms with Crippen LogP contribution >= 0.6 is 0 Å². The average Bonchev–Trinajstić information content (AvgIpc) is 3.63. The van der Waals surface area contributed by atoms with Crippen LogP contribution in [-0.2, 0) is 21.4 Å². The molecule has 5 aromatic rings. The molecule has 4 saturated heterocycles. The van der Waals surface area contributed by atoms with Crippen LogP contribution in [0.15, 0.2) is 73.1 Å². The molecule has 1 saturated carbocycles. The second kappa shape index (κ2) is 14.0. The van der Waals surface area contributed by atoms with Gasteiger partial charge in [-0.15, -0.1) is 0 Å². The first-order valence-electron chi connectivity index (χ1n) is 21.2. The highest BCUT2D eigenvalue weighted by atomic mass is 16.5. The van der Waals surface area contributed by atoms with Gasteiger partial charge in [-0.25, -0.2) is 4.98 Å². The van der Waals surface area contributed by atoms with Crippen LogP contribution in [0.25, 0.3) is 33.1 Å². The minimum atomic E-state index is -0.945. The highest BCUT2D eigenvalue weighted by Gasteiger charge is 2.52. The number of pyridine rings is 2. The van der Waals surface area contributed by atoms with E-state index in [1.807, 2.05) is 24.5 Å². The van der Waals surface area contributed by atoms with E-state index in [4.69, 9.17) is 9.72 Å². The number of rotatable bonds is 9. The zero-order chi connectivity index (χ0) is 40.0. The number of anilines is 2. The fourth-order valence-corrected chi connectivity index (χ4v) is 10.8. The first-order chi connectivity index (χ1) is 28.7. The van der Waals surface area contributed by atoms with Gasteiger partial charge in [0, 0.05) is 87.2 Å². The van der Waals surface area contributed by atoms with Crippen molar-refractivity contribution in [1.29, 1.82) is 0 Å². The summed E-state index contributed by atoms with van der Waals surface area (Å²) < 4.78 is 8.76. The third kappa shape index (κ3) is 6.28. The summed E-state index contributed by atoms with van der Waals surface area (Å²) in [4.78, 5) is 68.1. The van der Waals surface area contributed by atoms with Gasteiger partial charge in [0.05, 0.1) is 39.9 Å². The van der Waals surface area contributed by atoms with Crippen molar-refractivity contribution in [1.82, 2.24) is 29.7 Å². The molecule has 13 nitrogen and oxygen atoms in total. The molecule has 5 aliphatic heterocycles. The maximum absolute atomic E-state index is 13.3. The van der Waals surface area contributed by atoms with Crippen LogP contribution in [0.3, 0.4) is 0 Å². The van der Waals surface area contributed by atoms with E-state index in [1.165, 1.54) is 30.2 Å². The van der Waals surface area contributed by atoms with Gasteiger partial charge in [0.1, 0.15) is 11.9 Å². The van der Waals surface area contributed by atoms with Crippen molar-refractivity contribution in [2.45, 2.75) is 63.2 Å². The van der Waals surface area contributed by atoms with E-state index in [9.17, 15) is 19.2 Å². The molecule has 5 fully saturated rings. The summed E-state index contributed by atoms with van der Waals surface area (Å²) in [5.74, 6) is -0.120. The molecular formula is C46H48N8O5. The largest absolute Gasteiger partial charge is 0.371 e. The number of piperidine rings is 2. The van der Waals surface area contributed by atoms with Crippen LogP contribution in [0.1, 0.15) is 65.7 Å². The normalized spacial score (nSPS) is 22.6. The second-order valence-corrected chi connectivity index (χ2v) is 17.9. The lowest BCUT2D eigenvalue weighted by Gasteiger charge is -2.60. The zero-order valence-electron chi connectivity index (χ0n) is 33.3. The lowest BCUT2D eigenvalue weighted by atomic mass is 9.57. The number of carbonyl (C=O) groups excluding carboxylic acids is 4. The Morgan fingerprint density at radius 1 is 0.814 bits per heavy atom. The first-order valence-corrected chi connectivity index (χ1v) is 21.2. The van der Waals surface area contributed by atoms with Crippen molar-refractivity contribution < 1.29 is 23.9 Å². The Morgan fingerprint density at radius 2 is 1.61 bits per heavy atom. The van der Waals surface area contributed by atoms with E-state index in [0.717, 1.165) is 103 Å². The van der Waals surface area contributed by atoms with E-state index >= 15 is 0 Å². The van der Waals surface area contributed by atoms with Crippen LogP contribution in [0.4, 0.5) is 11.5 Å². The number of amides is 4. The van der Waals surface area contributed by atoms with Crippen molar-refractivity contribution in [3.05, 3.63) is 84.2 Å². The van der Waals surface area contributed by atoms with E-state index in [1.54, 1.807) is 12.1 Å². The summed E-state index contributed by atoms with van der Waals surface area (Å²) in [5, 5.41) is 3.42. The van der Waals surface area contributed by atoms with Gasteiger partial charge in [-0.1, -0.05) is 12.1 Å². The average molecular weight is 793 g/mol. The Hall–Kier alpha value is -5.66. The Bertz CT molecular complexity index is 2520. The van der Waals surface area contributed by atoms with Gasteiger partial charge in [-0.2, -0.15) is 0 Å². The summed E-state index contributed by atoms with van der Waals surface area (Å²) in [6, 6.07) is 19.5. The van der Waals surface area contributed by atoms with Gasteiger partial charge in [0.25, 0.3) is 11.8 Å². The highest BCUT2D eigenvalue weighted by Crippen LogP contribution is 2.54. The molecule has 1 aliphatic carbocycles. The number of hydrogen-bond donors (Lipinski definition) is 1. The highest BCUT2D eigenvalue weighted by molar-refractivity contribution is 6.23. The molecule has 0 radical (unpaired) electrons. The third-order valence-corrected chi connectivity index (χ3v) is 14.1. The number of nitrogens with one attached hydrogen (secondary N) is 1. The fourth-order valence-electron chi connectivity index (χ4n) is 10.8. The molecule has 59 heavy (non-hydrogen) atoms. The second-order valence-electron chi connectivity index (χ2n) is 17.9. The number of benzene rings is 2. The van der Waals surface area contributed by atoms with Gasteiger partial charge in [0.15, 0.2) is 0 Å². The Kier molecular flexibility index (Phi) is 8.63. The number of aryl methyl sites for hydroxylation is 1. The van der Waals surface area contributed by atoms with E-state index in [0.29, 0.717) is 22.6 Å². The summed E-state index contributed by atoms with van der Waals surface area (Å²) in [6.45, 7) is 7.03. The lowest BCUT2D eigenvalue weighted by Crippen LogP contribution is -2.62. The number of imide groups is 2. The molecule has 1 N–H and O–H groups in total. The van der Waals surface area contributed by atoms with Crippen LogP contribution in [-0.4, -0.2) is 112 Å². The molecule has 6 aliphatic rings. The molecule has 2 aromatic carbocycles. The monoisotopic (exact) mass is 792 g/mol. The predicted molar refractivity (Wildman–Crippen MR) is 223 cm³/mol. The minimum absolute atomic E-state index is 0.112. The number of nitrogens with zero attached hydrogens (tertiary/aromatic N) is 7. The fraction of sp³-hybridized carbons (Fsp3) is 0.435. The number of aromatic nitrogens is 3. The zero-order valence-corrected chi connectivity index (χ0v) is 33.3. The van der Waals surface area contributed by atoms with Crippen molar-refractivity contribution in [2.24, 2.45) is 18.4 Å². The van der Waals surface area contributed by atoms with Crippen LogP contribution < -0.4 is 15.1 Å². The van der Waals surface area contributed by atoms with Gasteiger partial charge in [-0.3, -0.25) is 34.4 Å². The molecule has 1 atom stereocenters. The number of likely N-dealkylation sites (tertiary alicyclic amines) is 1. The number of ether oxygens (including phenoxy) is 1. The molecule has 13 heteroatoms. The maximum atomic E-state index is 13.3. The Morgan fingerprint density at radius 3 is 2.39 bits per heavy atom. The molecule has 3 aromatic heterocycles. The summed E-state index contributed by atoms with van der Waals surface area (Å²) in [5.41, 5.74) is 7.56. The van der Waals surface area contributed by atoms with Crippen molar-refractivity contribution in [2.75, 3.05) is 55.6 Å². The van der Waals surface area contributed by atoms with Crippen molar-refractivity contribution >= 4 is 57.1 Å². The maximum Gasteiger partial charge on any atom is 0.262 e. The molecule has 302 valence electrons. The number of fused-ring (bicyclic) bond motifs is 4. The quantitative estimate of drug-likeness (QED) is 0.200. The van der Waals surface area contributed by atoms with Gasteiger partial charge in [0.2, 0.25) is 11.8 Å². The van der Waals surface area contributed by atoms with Crippen LogP contribution in [0.5, 0.6) is 0 Å². The SMILES string of the molecule is Cn1c2cc(-c3ccc(N4CC(OC5CCN(CCC6CC7(C6)CN(c6ccc8c(c6)C(=O)N(C6CCC(=O)NC6=O)C8=O)C7)CC5)C4)nc3)ccc2c2ncccc21. The summed E-state index contributed by atoms with van der Waals surface area (Å²) in [7, 11) is 2.10. The molecule has 1 unspecified atom stereocenters. The summed E-state index contributed by atoms with van der Waals surface area (Å²) >= 11 is 0. The lowest BCUT2D eigenvalue weighted by molar-refractivity contribution is -0.136. The molecular weight excluding hydrogens is 745 g/mol. The standard InChI is InChI=1S/C46H48N8O5/c1-50-37-3-2-15-47-42(37)35-7-4-29(19-39(35)50)30-5-10-40(48-23-30)52-24-33(25-52)59-32-13-17-51(18-14-32)16-12-28-21-46(22-28)26-53(27-46)31-6-8-34-36(20-31)45(58)54(44(34)57)38-9-11-41(55)49-43(38)56/h2-8,10,15,19-20,23,28,32-33,38H,9,11-14,16-18,21-22,24-27H2,1H3,(H,49,55,56). The molecule has 8 heterocycles. The van der Waals surface area contributed by atoms with Crippen LogP contribution in [0, 0.1) is 11.3 Å². The number of carbonyl (C=O) groups is 4. The summed E-state index contributed by atoms with van der Waals surface area (Å²) in [6.07, 6.45) is 10.6.